The molecule has 37 heavy (non-hydrogen) atoms. The van der Waals surface area contributed by atoms with Gasteiger partial charge in [0.25, 0.3) is 0 Å². The summed E-state index contributed by atoms with van der Waals surface area (Å²) in [5, 5.41) is 0.0528. The van der Waals surface area contributed by atoms with Crippen LogP contribution in [0, 0.1) is 11.7 Å². The number of hydrogen-bond acceptors (Lipinski definition) is 8. The summed E-state index contributed by atoms with van der Waals surface area (Å²) in [6.07, 6.45) is -0.0583. The van der Waals surface area contributed by atoms with Gasteiger partial charge in [0.2, 0.25) is 11.4 Å². The van der Waals surface area contributed by atoms with Gasteiger partial charge < -0.3 is 18.9 Å². The lowest BCUT2D eigenvalue weighted by Crippen LogP contribution is -2.49. The number of hydrogen-bond donors (Lipinski definition) is 0. The van der Waals surface area contributed by atoms with Crippen molar-refractivity contribution in [2.24, 2.45) is 5.92 Å². The van der Waals surface area contributed by atoms with Crippen molar-refractivity contribution < 1.29 is 37.7 Å². The lowest BCUT2D eigenvalue weighted by molar-refractivity contribution is 0.0190. The van der Waals surface area contributed by atoms with E-state index in [1.807, 2.05) is 0 Å². The number of aromatic nitrogens is 1. The van der Waals surface area contributed by atoms with Crippen molar-refractivity contribution in [3.63, 3.8) is 0 Å². The average Bonchev–Trinajstić information content (AvgIpc) is 3.21. The minimum Gasteiger partial charge on any atom is -0.496 e. The first kappa shape index (κ1) is 24.7. The van der Waals surface area contributed by atoms with Crippen LogP contribution >= 0.6 is 11.6 Å². The molecule has 0 amide bonds. The minimum absolute atomic E-state index is 0.0311. The van der Waals surface area contributed by atoms with Crippen LogP contribution in [0.25, 0.3) is 11.1 Å². The van der Waals surface area contributed by atoms with E-state index in [-0.39, 0.29) is 57.0 Å². The molecule has 0 N–H and O–H groups in total. The van der Waals surface area contributed by atoms with Crippen molar-refractivity contribution in [1.82, 2.24) is 4.98 Å². The second kappa shape index (κ2) is 8.85. The molecule has 0 radical (unpaired) electrons. The van der Waals surface area contributed by atoms with Gasteiger partial charge >= 0.3 is 5.97 Å². The molecule has 2 aliphatic rings. The van der Waals surface area contributed by atoms with Gasteiger partial charge in [0.05, 0.1) is 26.9 Å². The standard InChI is InChI=1S/C27H21ClFNO7/c1-12-9-17(31)20-15(13-5-7-14(29)8-6-13)10-16(26(33)36-4)30-24(20)27(12)25(32)21-18(34-2)11-19(35-3)22(28)23(21)37-27/h5-8,10-12H,9H2,1-4H3. The van der Waals surface area contributed by atoms with E-state index in [9.17, 15) is 18.8 Å². The van der Waals surface area contributed by atoms with E-state index in [0.29, 0.717) is 11.1 Å². The first-order chi connectivity index (χ1) is 17.7. The zero-order valence-electron chi connectivity index (χ0n) is 20.3. The van der Waals surface area contributed by atoms with Gasteiger partial charge in [-0.2, -0.15) is 0 Å². The van der Waals surface area contributed by atoms with Gasteiger partial charge in [-0.1, -0.05) is 30.7 Å². The number of methoxy groups -OCH3 is 3. The van der Waals surface area contributed by atoms with E-state index in [2.05, 4.69) is 4.98 Å². The minimum atomic E-state index is -1.80. The van der Waals surface area contributed by atoms with Gasteiger partial charge in [-0.15, -0.1) is 0 Å². The Bertz CT molecular complexity index is 1490. The average molecular weight is 526 g/mol. The molecular weight excluding hydrogens is 505 g/mol. The van der Waals surface area contributed by atoms with E-state index in [0.717, 1.165) is 0 Å². The number of rotatable bonds is 4. The van der Waals surface area contributed by atoms with E-state index < -0.39 is 29.1 Å². The predicted molar refractivity (Wildman–Crippen MR) is 130 cm³/mol. The largest absolute Gasteiger partial charge is 0.496 e. The monoisotopic (exact) mass is 525 g/mol. The highest BCUT2D eigenvalue weighted by molar-refractivity contribution is 6.35. The summed E-state index contributed by atoms with van der Waals surface area (Å²) < 4.78 is 35.7. The molecule has 1 aliphatic heterocycles. The zero-order chi connectivity index (χ0) is 26.6. The fourth-order valence-electron chi connectivity index (χ4n) is 5.00. The Morgan fingerprint density at radius 2 is 1.76 bits per heavy atom. The number of carbonyl (C=O) groups excluding carboxylic acids is 3. The Labute approximate surface area is 216 Å². The molecule has 5 rings (SSSR count). The van der Waals surface area contributed by atoms with Crippen LogP contribution < -0.4 is 14.2 Å². The van der Waals surface area contributed by atoms with Crippen molar-refractivity contribution in [2.75, 3.05) is 21.3 Å². The van der Waals surface area contributed by atoms with Crippen molar-refractivity contribution in [3.05, 3.63) is 69.8 Å². The zero-order valence-corrected chi connectivity index (χ0v) is 21.1. The van der Waals surface area contributed by atoms with Crippen LogP contribution in [-0.4, -0.2) is 43.8 Å². The number of halogens is 2. The van der Waals surface area contributed by atoms with Crippen LogP contribution in [0.1, 0.15) is 50.2 Å². The van der Waals surface area contributed by atoms with E-state index in [1.54, 1.807) is 6.92 Å². The maximum atomic E-state index is 14.2. The number of esters is 1. The second-order valence-electron chi connectivity index (χ2n) is 8.77. The smallest absolute Gasteiger partial charge is 0.356 e. The first-order valence-electron chi connectivity index (χ1n) is 11.3. The van der Waals surface area contributed by atoms with Gasteiger partial charge in [0.15, 0.2) is 11.5 Å². The molecule has 0 saturated heterocycles. The molecule has 2 aromatic carbocycles. The molecular formula is C27H21ClFNO7. The van der Waals surface area contributed by atoms with Gasteiger partial charge in [0.1, 0.15) is 39.3 Å². The molecule has 1 spiro atoms. The SMILES string of the molecule is COC(=O)c1cc(-c2ccc(F)cc2)c2c(n1)C1(Oc3c(Cl)c(OC)cc(OC)c3C1=O)C(C)CC2=O. The van der Waals surface area contributed by atoms with Crippen LogP contribution in [0.4, 0.5) is 4.39 Å². The number of benzene rings is 2. The third-order valence-corrected chi connectivity index (χ3v) is 7.16. The molecule has 190 valence electrons. The second-order valence-corrected chi connectivity index (χ2v) is 9.15. The van der Waals surface area contributed by atoms with Crippen molar-refractivity contribution in [3.8, 4) is 28.4 Å². The number of ketones is 2. The molecule has 10 heteroatoms. The fourth-order valence-corrected chi connectivity index (χ4v) is 5.27. The summed E-state index contributed by atoms with van der Waals surface area (Å²) in [6, 6.07) is 8.28. The summed E-state index contributed by atoms with van der Waals surface area (Å²) >= 11 is 6.55. The molecule has 3 aromatic rings. The van der Waals surface area contributed by atoms with Crippen LogP contribution in [0.15, 0.2) is 36.4 Å². The molecule has 1 aromatic heterocycles. The highest BCUT2D eigenvalue weighted by Crippen LogP contribution is 2.57. The van der Waals surface area contributed by atoms with Gasteiger partial charge in [-0.3, -0.25) is 9.59 Å². The summed E-state index contributed by atoms with van der Waals surface area (Å²) in [5.74, 6) is -2.35. The maximum Gasteiger partial charge on any atom is 0.356 e. The number of Topliss-reactive ketones (excluding diaryl/α,β-unsaturated/α-hetero) is 2. The number of nitrogens with zero attached hydrogens (tertiary/aromatic N) is 1. The number of carbonyl (C=O) groups is 3. The lowest BCUT2D eigenvalue weighted by Gasteiger charge is -2.38. The molecule has 0 saturated carbocycles. The molecule has 2 unspecified atom stereocenters. The summed E-state index contributed by atoms with van der Waals surface area (Å²) in [5.41, 5.74) is -1.07. The molecule has 1 aliphatic carbocycles. The number of fused-ring (bicyclic) bond motifs is 3. The highest BCUT2D eigenvalue weighted by atomic mass is 35.5. The van der Waals surface area contributed by atoms with Crippen LogP contribution in [-0.2, 0) is 10.3 Å². The Morgan fingerprint density at radius 3 is 2.38 bits per heavy atom. The van der Waals surface area contributed by atoms with E-state index in [4.69, 9.17) is 30.5 Å². The molecule has 8 nitrogen and oxygen atoms in total. The normalized spacial score (nSPS) is 19.8. The molecule has 0 fully saturated rings. The van der Waals surface area contributed by atoms with Gasteiger partial charge in [-0.25, -0.2) is 14.2 Å². The van der Waals surface area contributed by atoms with E-state index >= 15 is 0 Å². The Hall–Kier alpha value is -3.98. The maximum absolute atomic E-state index is 14.2. The number of pyridine rings is 1. The Kier molecular flexibility index (Phi) is 5.91. The third-order valence-electron chi connectivity index (χ3n) is 6.80. The quantitative estimate of drug-likeness (QED) is 0.437. The predicted octanol–water partition coefficient (Wildman–Crippen LogP) is 5.04. The Morgan fingerprint density at radius 1 is 1.08 bits per heavy atom. The fraction of sp³-hybridized carbons (Fsp3) is 0.259. The van der Waals surface area contributed by atoms with Crippen LogP contribution in [0.3, 0.4) is 0 Å². The van der Waals surface area contributed by atoms with Crippen LogP contribution in [0.5, 0.6) is 17.2 Å². The lowest BCUT2D eigenvalue weighted by atomic mass is 9.70. The van der Waals surface area contributed by atoms with Crippen LogP contribution in [0.2, 0.25) is 5.02 Å². The first-order valence-corrected chi connectivity index (χ1v) is 11.7. The Balaban J connectivity index is 1.85. The highest BCUT2D eigenvalue weighted by Gasteiger charge is 2.60. The van der Waals surface area contributed by atoms with Crippen molar-refractivity contribution in [1.29, 1.82) is 0 Å². The summed E-state index contributed by atoms with van der Waals surface area (Å²) in [7, 11) is 3.99. The van der Waals surface area contributed by atoms with Gasteiger partial charge in [0, 0.05) is 18.4 Å². The third kappa shape index (κ3) is 3.48. The summed E-state index contributed by atoms with van der Waals surface area (Å²) in [4.78, 5) is 44.7. The molecule has 0 bridgehead atoms. The summed E-state index contributed by atoms with van der Waals surface area (Å²) in [6.45, 7) is 1.69. The number of ether oxygens (including phenoxy) is 4. The molecule has 2 heterocycles. The van der Waals surface area contributed by atoms with Crippen molar-refractivity contribution >= 4 is 29.1 Å². The van der Waals surface area contributed by atoms with Crippen molar-refractivity contribution in [2.45, 2.75) is 18.9 Å². The topological polar surface area (TPSA) is 101 Å². The van der Waals surface area contributed by atoms with Gasteiger partial charge in [-0.05, 0) is 29.3 Å². The molecule has 2 atom stereocenters. The van der Waals surface area contributed by atoms with E-state index in [1.165, 1.54) is 57.7 Å².